The van der Waals surface area contributed by atoms with Crippen molar-refractivity contribution in [1.29, 1.82) is 0 Å². The molecule has 1 heterocycles. The van der Waals surface area contributed by atoms with Crippen LogP contribution in [-0.2, 0) is 4.79 Å². The lowest BCUT2D eigenvalue weighted by Crippen LogP contribution is -2.29. The molecule has 1 saturated heterocycles. The molecule has 0 aromatic heterocycles. The smallest absolute Gasteiger partial charge is 0.262 e. The number of hydrogen-bond acceptors (Lipinski definition) is 3. The number of rotatable bonds is 5. The summed E-state index contributed by atoms with van der Waals surface area (Å²) in [5.74, 6) is -0.198. The van der Waals surface area contributed by atoms with Crippen LogP contribution >= 0.6 is 15.9 Å². The zero-order valence-electron chi connectivity index (χ0n) is 13.8. The summed E-state index contributed by atoms with van der Waals surface area (Å²) in [6.07, 6.45) is 3.76. The summed E-state index contributed by atoms with van der Waals surface area (Å²) in [5.41, 5.74) is 1.91. The standard InChI is InChI=1S/C19H20BrFN2O2/c20-17-12-14(21)4-9-18(17)25-13-19(24)22-15-5-7-16(8-6-15)23-10-2-1-3-11-23/h4-9,12H,1-3,10-11,13H2,(H,22,24). The van der Waals surface area contributed by atoms with Crippen LogP contribution in [0.3, 0.4) is 0 Å². The minimum atomic E-state index is -0.363. The van der Waals surface area contributed by atoms with Gasteiger partial charge in [0.05, 0.1) is 4.47 Å². The van der Waals surface area contributed by atoms with Gasteiger partial charge in [0.2, 0.25) is 0 Å². The molecule has 1 aliphatic heterocycles. The Hall–Kier alpha value is -2.08. The first-order chi connectivity index (χ1) is 12.1. The lowest BCUT2D eigenvalue weighted by Gasteiger charge is -2.28. The lowest BCUT2D eigenvalue weighted by atomic mass is 10.1. The number of ether oxygens (including phenoxy) is 1. The Morgan fingerprint density at radius 3 is 2.52 bits per heavy atom. The van der Waals surface area contributed by atoms with Crippen molar-refractivity contribution < 1.29 is 13.9 Å². The van der Waals surface area contributed by atoms with Gasteiger partial charge in [-0.15, -0.1) is 0 Å². The second kappa shape index (κ2) is 8.34. The summed E-state index contributed by atoms with van der Waals surface area (Å²) in [7, 11) is 0. The summed E-state index contributed by atoms with van der Waals surface area (Å²) < 4.78 is 18.9. The Morgan fingerprint density at radius 1 is 1.12 bits per heavy atom. The van der Waals surface area contributed by atoms with Gasteiger partial charge in [0.1, 0.15) is 11.6 Å². The second-order valence-corrected chi connectivity index (χ2v) is 6.86. The molecule has 2 aromatic carbocycles. The minimum absolute atomic E-state index is 0.141. The maximum atomic E-state index is 13.0. The maximum Gasteiger partial charge on any atom is 0.262 e. The van der Waals surface area contributed by atoms with Gasteiger partial charge in [-0.2, -0.15) is 0 Å². The molecule has 0 radical (unpaired) electrons. The molecular formula is C19H20BrFN2O2. The molecule has 1 aliphatic rings. The van der Waals surface area contributed by atoms with E-state index in [9.17, 15) is 9.18 Å². The number of piperidine rings is 1. The van der Waals surface area contributed by atoms with Crippen LogP contribution in [0.2, 0.25) is 0 Å². The van der Waals surface area contributed by atoms with Crippen molar-refractivity contribution in [3.05, 3.63) is 52.8 Å². The van der Waals surface area contributed by atoms with Gasteiger partial charge in [-0.1, -0.05) is 0 Å². The molecule has 0 aliphatic carbocycles. The third-order valence-corrected chi connectivity index (χ3v) is 4.74. The Labute approximate surface area is 155 Å². The van der Waals surface area contributed by atoms with Crippen molar-refractivity contribution >= 4 is 33.2 Å². The molecule has 1 amide bonds. The largest absolute Gasteiger partial charge is 0.483 e. The highest BCUT2D eigenvalue weighted by molar-refractivity contribution is 9.10. The molecule has 0 unspecified atom stereocenters. The van der Waals surface area contributed by atoms with Gasteiger partial charge in [-0.3, -0.25) is 4.79 Å². The Morgan fingerprint density at radius 2 is 1.84 bits per heavy atom. The predicted octanol–water partition coefficient (Wildman–Crippen LogP) is 4.60. The number of nitrogens with zero attached hydrogens (tertiary/aromatic N) is 1. The van der Waals surface area contributed by atoms with Crippen molar-refractivity contribution in [2.75, 3.05) is 29.9 Å². The Kier molecular flexibility index (Phi) is 5.91. The topological polar surface area (TPSA) is 41.6 Å². The van der Waals surface area contributed by atoms with Gasteiger partial charge >= 0.3 is 0 Å². The van der Waals surface area contributed by atoms with Crippen LogP contribution in [-0.4, -0.2) is 25.6 Å². The van der Waals surface area contributed by atoms with E-state index in [-0.39, 0.29) is 18.3 Å². The highest BCUT2D eigenvalue weighted by Gasteiger charge is 2.11. The fraction of sp³-hybridized carbons (Fsp3) is 0.316. The van der Waals surface area contributed by atoms with Gasteiger partial charge < -0.3 is 15.0 Å². The van der Waals surface area contributed by atoms with Crippen molar-refractivity contribution in [2.45, 2.75) is 19.3 Å². The molecular weight excluding hydrogens is 387 g/mol. The SMILES string of the molecule is O=C(COc1ccc(F)cc1Br)Nc1ccc(N2CCCCC2)cc1. The van der Waals surface area contributed by atoms with Crippen LogP contribution in [0.15, 0.2) is 46.9 Å². The first-order valence-corrected chi connectivity index (χ1v) is 9.14. The lowest BCUT2D eigenvalue weighted by molar-refractivity contribution is -0.118. The summed E-state index contributed by atoms with van der Waals surface area (Å²) in [6.45, 7) is 2.04. The summed E-state index contributed by atoms with van der Waals surface area (Å²) in [5, 5.41) is 2.80. The molecule has 25 heavy (non-hydrogen) atoms. The van der Waals surface area contributed by atoms with E-state index in [0.29, 0.717) is 10.2 Å². The average Bonchev–Trinajstić information content (AvgIpc) is 2.62. The van der Waals surface area contributed by atoms with Gasteiger partial charge in [-0.25, -0.2) is 4.39 Å². The number of carbonyl (C=O) groups excluding carboxylic acids is 1. The summed E-state index contributed by atoms with van der Waals surface area (Å²) in [6, 6.07) is 11.9. The van der Waals surface area contributed by atoms with Gasteiger partial charge in [0.25, 0.3) is 5.91 Å². The fourth-order valence-corrected chi connectivity index (χ4v) is 3.31. The number of carbonyl (C=O) groups is 1. The summed E-state index contributed by atoms with van der Waals surface area (Å²) in [4.78, 5) is 14.4. The van der Waals surface area contributed by atoms with Crippen molar-refractivity contribution in [1.82, 2.24) is 0 Å². The molecule has 1 fully saturated rings. The normalized spacial score (nSPS) is 14.2. The van der Waals surface area contributed by atoms with E-state index in [0.717, 1.165) is 18.8 Å². The first-order valence-electron chi connectivity index (χ1n) is 8.34. The fourth-order valence-electron chi connectivity index (χ4n) is 2.84. The highest BCUT2D eigenvalue weighted by atomic mass is 79.9. The van der Waals surface area contributed by atoms with Crippen LogP contribution in [0, 0.1) is 5.82 Å². The van der Waals surface area contributed by atoms with Crippen LogP contribution in [0.5, 0.6) is 5.75 Å². The van der Waals surface area contributed by atoms with E-state index in [1.807, 2.05) is 24.3 Å². The quantitative estimate of drug-likeness (QED) is 0.788. The zero-order valence-corrected chi connectivity index (χ0v) is 15.4. The monoisotopic (exact) mass is 406 g/mol. The van der Waals surface area contributed by atoms with Gasteiger partial charge in [0.15, 0.2) is 6.61 Å². The van der Waals surface area contributed by atoms with Crippen molar-refractivity contribution in [3.63, 3.8) is 0 Å². The molecule has 132 valence electrons. The maximum absolute atomic E-state index is 13.0. The van der Waals surface area contributed by atoms with E-state index in [1.165, 1.54) is 43.1 Å². The molecule has 2 aromatic rings. The number of halogens is 2. The molecule has 0 bridgehead atoms. The van der Waals surface area contributed by atoms with E-state index < -0.39 is 0 Å². The molecule has 4 nitrogen and oxygen atoms in total. The highest BCUT2D eigenvalue weighted by Crippen LogP contribution is 2.25. The second-order valence-electron chi connectivity index (χ2n) is 6.01. The molecule has 1 N–H and O–H groups in total. The van der Waals surface area contributed by atoms with Crippen LogP contribution in [0.1, 0.15) is 19.3 Å². The van der Waals surface area contributed by atoms with Crippen molar-refractivity contribution in [3.8, 4) is 5.75 Å². The van der Waals surface area contributed by atoms with Crippen LogP contribution in [0.4, 0.5) is 15.8 Å². The minimum Gasteiger partial charge on any atom is -0.483 e. The third kappa shape index (κ3) is 4.95. The predicted molar refractivity (Wildman–Crippen MR) is 101 cm³/mol. The van der Waals surface area contributed by atoms with Crippen LogP contribution < -0.4 is 15.0 Å². The molecule has 0 atom stereocenters. The molecule has 0 spiro atoms. The van der Waals surface area contributed by atoms with E-state index in [1.54, 1.807) is 0 Å². The summed E-state index contributed by atoms with van der Waals surface area (Å²) >= 11 is 3.21. The molecule has 3 rings (SSSR count). The van der Waals surface area contributed by atoms with Gasteiger partial charge in [-0.05, 0) is 77.7 Å². The number of nitrogens with one attached hydrogen (secondary N) is 1. The number of benzene rings is 2. The number of amides is 1. The van der Waals surface area contributed by atoms with Crippen molar-refractivity contribution in [2.24, 2.45) is 0 Å². The van der Waals surface area contributed by atoms with E-state index in [4.69, 9.17) is 4.74 Å². The Balaban J connectivity index is 1.52. The van der Waals surface area contributed by atoms with E-state index >= 15 is 0 Å². The molecule has 0 saturated carbocycles. The third-order valence-electron chi connectivity index (χ3n) is 4.12. The Bertz CT molecular complexity index is 731. The average molecular weight is 407 g/mol. The van der Waals surface area contributed by atoms with Crippen LogP contribution in [0.25, 0.3) is 0 Å². The molecule has 6 heteroatoms. The zero-order chi connectivity index (χ0) is 17.6. The number of anilines is 2. The van der Waals surface area contributed by atoms with Gasteiger partial charge in [0, 0.05) is 24.5 Å². The first kappa shape index (κ1) is 17.7. The number of hydrogen-bond donors (Lipinski definition) is 1. The van der Waals surface area contributed by atoms with E-state index in [2.05, 4.69) is 26.1 Å².